The molecule has 28 heavy (non-hydrogen) atoms. The van der Waals surface area contributed by atoms with Crippen LogP contribution in [-0.2, 0) is 0 Å². The average Bonchev–Trinajstić information content (AvgIpc) is 2.77. The zero-order chi connectivity index (χ0) is 19.9. The van der Waals surface area contributed by atoms with Gasteiger partial charge < -0.3 is 4.74 Å². The fraction of sp³-hybridized carbons (Fsp3) is 0.120. The second kappa shape index (κ2) is 8.96. The van der Waals surface area contributed by atoms with Gasteiger partial charge in [-0.15, -0.1) is 0 Å². The van der Waals surface area contributed by atoms with Gasteiger partial charge in [-0.1, -0.05) is 60.7 Å². The van der Waals surface area contributed by atoms with E-state index in [4.69, 9.17) is 4.74 Å². The van der Waals surface area contributed by atoms with Crippen LogP contribution >= 0.6 is 0 Å². The van der Waals surface area contributed by atoms with Crippen molar-refractivity contribution in [1.29, 1.82) is 0 Å². The van der Waals surface area contributed by atoms with Crippen LogP contribution in [0.15, 0.2) is 90.5 Å². The predicted molar refractivity (Wildman–Crippen MR) is 112 cm³/mol. The van der Waals surface area contributed by atoms with Crippen LogP contribution in [0.25, 0.3) is 5.57 Å². The number of methoxy groups -OCH3 is 1. The molecule has 3 heteroatoms. The number of hydrogen-bond acceptors (Lipinski definition) is 3. The molecule has 3 nitrogen and oxygen atoms in total. The minimum absolute atomic E-state index is 0.0401. The lowest BCUT2D eigenvalue weighted by Gasteiger charge is -2.13. The number of carbonyl (C=O) groups is 2. The SMILES string of the molecule is COc1ccc(C(=O)C/C(=C(/C)C(=O)c2ccccc2)c2ccccc2)cc1. The van der Waals surface area contributed by atoms with Crippen molar-refractivity contribution in [2.24, 2.45) is 0 Å². The highest BCUT2D eigenvalue weighted by Crippen LogP contribution is 2.27. The van der Waals surface area contributed by atoms with Crippen molar-refractivity contribution < 1.29 is 14.3 Å². The molecule has 0 saturated carbocycles. The van der Waals surface area contributed by atoms with Crippen molar-refractivity contribution in [1.82, 2.24) is 0 Å². The third-order valence-corrected chi connectivity index (χ3v) is 4.70. The average molecular weight is 370 g/mol. The van der Waals surface area contributed by atoms with Crippen LogP contribution in [-0.4, -0.2) is 18.7 Å². The second-order valence-corrected chi connectivity index (χ2v) is 6.49. The predicted octanol–water partition coefficient (Wildman–Crippen LogP) is 5.62. The molecule has 3 aromatic rings. The van der Waals surface area contributed by atoms with Crippen LogP contribution in [0.3, 0.4) is 0 Å². The molecule has 0 aliphatic heterocycles. The minimum Gasteiger partial charge on any atom is -0.497 e. The van der Waals surface area contributed by atoms with Gasteiger partial charge in [-0.25, -0.2) is 0 Å². The molecule has 0 amide bonds. The first-order chi connectivity index (χ1) is 13.6. The number of allylic oxidation sites excluding steroid dienone is 2. The lowest BCUT2D eigenvalue weighted by molar-refractivity contribution is 0.0998. The summed E-state index contributed by atoms with van der Waals surface area (Å²) in [4.78, 5) is 25.9. The summed E-state index contributed by atoms with van der Waals surface area (Å²) in [7, 11) is 1.59. The molecule has 140 valence electrons. The Morgan fingerprint density at radius 2 is 1.25 bits per heavy atom. The van der Waals surface area contributed by atoms with Crippen LogP contribution in [0.4, 0.5) is 0 Å². The largest absolute Gasteiger partial charge is 0.497 e. The summed E-state index contributed by atoms with van der Waals surface area (Å²) in [5.41, 5.74) is 3.42. The van der Waals surface area contributed by atoms with Crippen molar-refractivity contribution in [3.05, 3.63) is 107 Å². The summed E-state index contributed by atoms with van der Waals surface area (Å²) < 4.78 is 5.15. The molecule has 0 atom stereocenters. The lowest BCUT2D eigenvalue weighted by atomic mass is 9.90. The Morgan fingerprint density at radius 1 is 0.714 bits per heavy atom. The van der Waals surface area contributed by atoms with Crippen LogP contribution < -0.4 is 4.74 Å². The standard InChI is InChI=1S/C25H22O3/c1-18(25(27)21-11-7-4-8-12-21)23(19-9-5-3-6-10-19)17-24(26)20-13-15-22(28-2)16-14-20/h3-16H,17H2,1-2H3/b23-18+. The topological polar surface area (TPSA) is 43.4 Å². The fourth-order valence-corrected chi connectivity index (χ4v) is 3.07. The van der Waals surface area contributed by atoms with Crippen molar-refractivity contribution in [2.45, 2.75) is 13.3 Å². The van der Waals surface area contributed by atoms with E-state index in [1.165, 1.54) is 0 Å². The molecule has 0 fully saturated rings. The first-order valence-electron chi connectivity index (χ1n) is 9.12. The number of Topliss-reactive ketones (excluding diaryl/α,β-unsaturated/α-hetero) is 2. The maximum atomic E-state index is 13.0. The minimum atomic E-state index is -0.0676. The maximum absolute atomic E-state index is 13.0. The molecule has 0 aromatic heterocycles. The van der Waals surface area contributed by atoms with Gasteiger partial charge in [0.1, 0.15) is 5.75 Å². The Hall–Kier alpha value is -3.46. The Morgan fingerprint density at radius 3 is 1.79 bits per heavy atom. The van der Waals surface area contributed by atoms with Crippen molar-refractivity contribution in [3.8, 4) is 5.75 Å². The van der Waals surface area contributed by atoms with Crippen molar-refractivity contribution in [2.75, 3.05) is 7.11 Å². The molecule has 0 aliphatic carbocycles. The van der Waals surface area contributed by atoms with E-state index < -0.39 is 0 Å². The van der Waals surface area contributed by atoms with Crippen molar-refractivity contribution >= 4 is 17.1 Å². The molecule has 3 rings (SSSR count). The van der Waals surface area contributed by atoms with Gasteiger partial charge in [0, 0.05) is 23.1 Å². The Bertz CT molecular complexity index is 985. The fourth-order valence-electron chi connectivity index (χ4n) is 3.07. The van der Waals surface area contributed by atoms with E-state index in [0.717, 1.165) is 11.1 Å². The van der Waals surface area contributed by atoms with E-state index in [0.29, 0.717) is 22.4 Å². The van der Waals surface area contributed by atoms with Gasteiger partial charge in [-0.05, 0) is 42.3 Å². The highest BCUT2D eigenvalue weighted by atomic mass is 16.5. The molecule has 0 saturated heterocycles. The summed E-state index contributed by atoms with van der Waals surface area (Å²) in [5.74, 6) is 0.592. The van der Waals surface area contributed by atoms with Crippen LogP contribution in [0.2, 0.25) is 0 Å². The Kier molecular flexibility index (Phi) is 6.18. The number of rotatable bonds is 7. The lowest BCUT2D eigenvalue weighted by Crippen LogP contribution is -2.08. The van der Waals surface area contributed by atoms with E-state index in [-0.39, 0.29) is 18.0 Å². The molecule has 0 bridgehead atoms. The van der Waals surface area contributed by atoms with Gasteiger partial charge in [0.15, 0.2) is 11.6 Å². The smallest absolute Gasteiger partial charge is 0.189 e. The molecular weight excluding hydrogens is 348 g/mol. The molecule has 0 radical (unpaired) electrons. The van der Waals surface area contributed by atoms with Crippen LogP contribution in [0.5, 0.6) is 5.75 Å². The number of hydrogen-bond donors (Lipinski definition) is 0. The van der Waals surface area contributed by atoms with Gasteiger partial charge in [0.05, 0.1) is 7.11 Å². The van der Waals surface area contributed by atoms with Gasteiger partial charge in [0.25, 0.3) is 0 Å². The van der Waals surface area contributed by atoms with Gasteiger partial charge in [-0.3, -0.25) is 9.59 Å². The third kappa shape index (κ3) is 4.44. The Labute approximate surface area is 165 Å². The summed E-state index contributed by atoms with van der Waals surface area (Å²) in [6.07, 6.45) is 0.154. The first-order valence-corrected chi connectivity index (χ1v) is 9.12. The van der Waals surface area contributed by atoms with Gasteiger partial charge in [-0.2, -0.15) is 0 Å². The van der Waals surface area contributed by atoms with E-state index >= 15 is 0 Å². The molecule has 3 aromatic carbocycles. The third-order valence-electron chi connectivity index (χ3n) is 4.70. The first kappa shape index (κ1) is 19.3. The maximum Gasteiger partial charge on any atom is 0.189 e. The number of ether oxygens (including phenoxy) is 1. The molecule has 0 unspecified atom stereocenters. The molecule has 0 N–H and O–H groups in total. The summed E-state index contributed by atoms with van der Waals surface area (Å²) in [6, 6.07) is 25.8. The monoisotopic (exact) mass is 370 g/mol. The highest BCUT2D eigenvalue weighted by molar-refractivity contribution is 6.15. The zero-order valence-corrected chi connectivity index (χ0v) is 16.0. The van der Waals surface area contributed by atoms with E-state index in [2.05, 4.69) is 0 Å². The Balaban J connectivity index is 1.97. The second-order valence-electron chi connectivity index (χ2n) is 6.49. The number of ketones is 2. The number of carbonyl (C=O) groups excluding carboxylic acids is 2. The normalized spacial score (nSPS) is 11.5. The number of benzene rings is 3. The van der Waals surface area contributed by atoms with E-state index in [1.807, 2.05) is 48.5 Å². The zero-order valence-electron chi connectivity index (χ0n) is 16.0. The van der Waals surface area contributed by atoms with Crippen LogP contribution in [0, 0.1) is 0 Å². The molecule has 0 aliphatic rings. The van der Waals surface area contributed by atoms with E-state index in [1.54, 1.807) is 50.4 Å². The van der Waals surface area contributed by atoms with Gasteiger partial charge >= 0.3 is 0 Å². The molecule has 0 spiro atoms. The summed E-state index contributed by atoms with van der Waals surface area (Å²) >= 11 is 0. The van der Waals surface area contributed by atoms with Crippen LogP contribution in [0.1, 0.15) is 39.6 Å². The van der Waals surface area contributed by atoms with Crippen molar-refractivity contribution in [3.63, 3.8) is 0 Å². The van der Waals surface area contributed by atoms with E-state index in [9.17, 15) is 9.59 Å². The summed E-state index contributed by atoms with van der Waals surface area (Å²) in [5, 5.41) is 0. The quantitative estimate of drug-likeness (QED) is 0.400. The molecule has 0 heterocycles. The van der Waals surface area contributed by atoms with Gasteiger partial charge in [0.2, 0.25) is 0 Å². The summed E-state index contributed by atoms with van der Waals surface area (Å²) in [6.45, 7) is 1.79. The highest BCUT2D eigenvalue weighted by Gasteiger charge is 2.18. The molecular formula is C25H22O3.